The average Bonchev–Trinajstić information content (AvgIpc) is 2.91. The van der Waals surface area contributed by atoms with E-state index in [9.17, 15) is 0 Å². The molecule has 2 aromatic rings. The molecule has 0 bridgehead atoms. The molecule has 1 aliphatic carbocycles. The van der Waals surface area contributed by atoms with Crippen molar-refractivity contribution in [2.45, 2.75) is 38.5 Å². The monoisotopic (exact) mass is 308 g/mol. The Morgan fingerprint density at radius 2 is 1.95 bits per heavy atom. The van der Waals surface area contributed by atoms with E-state index in [0.717, 1.165) is 23.1 Å². The van der Waals surface area contributed by atoms with Gasteiger partial charge in [-0.3, -0.25) is 4.98 Å². The fraction of sp³-hybridized carbons (Fsp3) is 0.438. The van der Waals surface area contributed by atoms with E-state index in [2.05, 4.69) is 18.3 Å². The van der Waals surface area contributed by atoms with Crippen LogP contribution in [0.5, 0.6) is 0 Å². The van der Waals surface area contributed by atoms with Gasteiger partial charge < -0.3 is 5.32 Å². The summed E-state index contributed by atoms with van der Waals surface area (Å²) in [7, 11) is 0. The number of aromatic nitrogens is 1. The van der Waals surface area contributed by atoms with Gasteiger partial charge in [-0.25, -0.2) is 0 Å². The van der Waals surface area contributed by atoms with Crippen molar-refractivity contribution in [2.75, 3.05) is 11.9 Å². The zero-order valence-corrected chi connectivity index (χ0v) is 13.1. The van der Waals surface area contributed by atoms with Crippen LogP contribution < -0.4 is 5.32 Å². The summed E-state index contributed by atoms with van der Waals surface area (Å²) >= 11 is 12.5. The second kappa shape index (κ2) is 5.79. The highest BCUT2D eigenvalue weighted by atomic mass is 35.5. The quantitative estimate of drug-likeness (QED) is 0.794. The Kier molecular flexibility index (Phi) is 4.04. The summed E-state index contributed by atoms with van der Waals surface area (Å²) in [6, 6.07) is 5.85. The van der Waals surface area contributed by atoms with E-state index in [1.54, 1.807) is 6.07 Å². The molecule has 2 nitrogen and oxygen atoms in total. The van der Waals surface area contributed by atoms with Crippen molar-refractivity contribution >= 4 is 39.8 Å². The molecule has 1 aromatic carbocycles. The van der Waals surface area contributed by atoms with E-state index in [0.29, 0.717) is 16.0 Å². The molecule has 20 heavy (non-hydrogen) atoms. The minimum atomic E-state index is 0.578. The van der Waals surface area contributed by atoms with Crippen LogP contribution in [0.2, 0.25) is 10.0 Å². The van der Waals surface area contributed by atoms with E-state index < -0.39 is 0 Å². The van der Waals surface area contributed by atoms with E-state index >= 15 is 0 Å². The van der Waals surface area contributed by atoms with Gasteiger partial charge in [0.2, 0.25) is 0 Å². The molecule has 1 N–H and O–H groups in total. The van der Waals surface area contributed by atoms with E-state index in [-0.39, 0.29) is 0 Å². The van der Waals surface area contributed by atoms with Gasteiger partial charge >= 0.3 is 0 Å². The Morgan fingerprint density at radius 1 is 1.20 bits per heavy atom. The summed E-state index contributed by atoms with van der Waals surface area (Å²) in [5.74, 6) is 0.578. The van der Waals surface area contributed by atoms with Crippen molar-refractivity contribution in [2.24, 2.45) is 0 Å². The van der Waals surface area contributed by atoms with Crippen LogP contribution in [-0.4, -0.2) is 11.5 Å². The van der Waals surface area contributed by atoms with Crippen LogP contribution in [0.3, 0.4) is 0 Å². The van der Waals surface area contributed by atoms with Gasteiger partial charge in [0.1, 0.15) is 0 Å². The largest absolute Gasteiger partial charge is 0.385 e. The number of fused-ring (bicyclic) bond motifs is 1. The molecule has 1 aliphatic rings. The van der Waals surface area contributed by atoms with E-state index in [1.807, 2.05) is 6.07 Å². The van der Waals surface area contributed by atoms with Gasteiger partial charge in [0.05, 0.1) is 10.5 Å². The van der Waals surface area contributed by atoms with Crippen molar-refractivity contribution in [3.05, 3.63) is 33.9 Å². The number of pyridine rings is 1. The molecular weight excluding hydrogens is 291 g/mol. The molecule has 0 amide bonds. The molecule has 106 valence electrons. The number of hydrogen-bond donors (Lipinski definition) is 1. The molecule has 4 heteroatoms. The number of nitrogens with one attached hydrogen (secondary N) is 1. The zero-order valence-electron chi connectivity index (χ0n) is 11.5. The van der Waals surface area contributed by atoms with Crippen LogP contribution in [0, 0.1) is 0 Å². The maximum absolute atomic E-state index is 6.35. The van der Waals surface area contributed by atoms with Crippen molar-refractivity contribution in [3.8, 4) is 0 Å². The number of halogens is 2. The van der Waals surface area contributed by atoms with Gasteiger partial charge in [-0.05, 0) is 38.0 Å². The molecule has 0 radical (unpaired) electrons. The number of anilines is 1. The standard InChI is InChI=1S/C16H18Cl2N2/c1-2-19-14-9-13(10-5-3-4-6-10)20-15-8-11(17)7-12(18)16(14)15/h7-10H,2-6H2,1H3,(H,19,20). The number of rotatable bonds is 3. The second-order valence-electron chi connectivity index (χ2n) is 5.39. The Hall–Kier alpha value is -0.990. The maximum Gasteiger partial charge on any atom is 0.0756 e. The highest BCUT2D eigenvalue weighted by Gasteiger charge is 2.20. The normalized spacial score (nSPS) is 15.9. The topological polar surface area (TPSA) is 24.9 Å². The predicted octanol–water partition coefficient (Wildman–Crippen LogP) is 5.63. The van der Waals surface area contributed by atoms with E-state index in [4.69, 9.17) is 28.2 Å². The lowest BCUT2D eigenvalue weighted by Gasteiger charge is -2.15. The van der Waals surface area contributed by atoms with Crippen LogP contribution in [-0.2, 0) is 0 Å². The Bertz CT molecular complexity index is 634. The van der Waals surface area contributed by atoms with Crippen molar-refractivity contribution in [3.63, 3.8) is 0 Å². The van der Waals surface area contributed by atoms with E-state index in [1.165, 1.54) is 31.4 Å². The first-order valence-corrected chi connectivity index (χ1v) is 7.98. The van der Waals surface area contributed by atoms with Crippen molar-refractivity contribution in [1.82, 2.24) is 4.98 Å². The number of nitrogens with zero attached hydrogens (tertiary/aromatic N) is 1. The molecule has 1 aromatic heterocycles. The number of hydrogen-bond acceptors (Lipinski definition) is 2. The van der Waals surface area contributed by atoms with Crippen LogP contribution >= 0.6 is 23.2 Å². The molecule has 0 unspecified atom stereocenters. The third-order valence-corrected chi connectivity index (χ3v) is 4.50. The van der Waals surface area contributed by atoms with Crippen LogP contribution in [0.25, 0.3) is 10.9 Å². The third kappa shape index (κ3) is 2.59. The maximum atomic E-state index is 6.35. The summed E-state index contributed by atoms with van der Waals surface area (Å²) < 4.78 is 0. The smallest absolute Gasteiger partial charge is 0.0756 e. The first kappa shape index (κ1) is 14.0. The third-order valence-electron chi connectivity index (χ3n) is 3.99. The predicted molar refractivity (Wildman–Crippen MR) is 87.1 cm³/mol. The van der Waals surface area contributed by atoms with Crippen LogP contribution in [0.1, 0.15) is 44.2 Å². The molecule has 0 spiro atoms. The fourth-order valence-electron chi connectivity index (χ4n) is 3.07. The summed E-state index contributed by atoms with van der Waals surface area (Å²) in [6.07, 6.45) is 5.07. The lowest BCUT2D eigenvalue weighted by Crippen LogP contribution is -2.03. The minimum Gasteiger partial charge on any atom is -0.385 e. The summed E-state index contributed by atoms with van der Waals surface area (Å²) in [6.45, 7) is 2.95. The minimum absolute atomic E-state index is 0.578. The number of benzene rings is 1. The fourth-order valence-corrected chi connectivity index (χ4v) is 3.65. The Balaban J connectivity index is 2.19. The van der Waals surface area contributed by atoms with Crippen molar-refractivity contribution in [1.29, 1.82) is 0 Å². The zero-order chi connectivity index (χ0) is 14.1. The Labute approximate surface area is 129 Å². The summed E-state index contributed by atoms with van der Waals surface area (Å²) in [5, 5.41) is 5.68. The molecule has 1 heterocycles. The second-order valence-corrected chi connectivity index (χ2v) is 6.23. The molecule has 0 aliphatic heterocycles. The highest BCUT2D eigenvalue weighted by Crippen LogP contribution is 2.38. The van der Waals surface area contributed by atoms with Gasteiger partial charge in [-0.15, -0.1) is 0 Å². The lowest BCUT2D eigenvalue weighted by molar-refractivity contribution is 0.701. The summed E-state index contributed by atoms with van der Waals surface area (Å²) in [5.41, 5.74) is 3.13. The SMILES string of the molecule is CCNc1cc(C2CCCC2)nc2cc(Cl)cc(Cl)c12. The molecular formula is C16H18Cl2N2. The van der Waals surface area contributed by atoms with Crippen LogP contribution in [0.15, 0.2) is 18.2 Å². The molecule has 1 fully saturated rings. The van der Waals surface area contributed by atoms with Gasteiger partial charge in [-0.1, -0.05) is 36.0 Å². The first-order chi connectivity index (χ1) is 9.69. The van der Waals surface area contributed by atoms with Gasteiger partial charge in [0, 0.05) is 34.3 Å². The molecule has 3 rings (SSSR count). The van der Waals surface area contributed by atoms with Crippen molar-refractivity contribution < 1.29 is 0 Å². The summed E-state index contributed by atoms with van der Waals surface area (Å²) in [4.78, 5) is 4.81. The van der Waals surface area contributed by atoms with Gasteiger partial charge in [-0.2, -0.15) is 0 Å². The lowest BCUT2D eigenvalue weighted by atomic mass is 10.0. The molecule has 0 saturated heterocycles. The van der Waals surface area contributed by atoms with Gasteiger partial charge in [0.25, 0.3) is 0 Å². The highest BCUT2D eigenvalue weighted by molar-refractivity contribution is 6.39. The first-order valence-electron chi connectivity index (χ1n) is 7.22. The molecule has 0 atom stereocenters. The van der Waals surface area contributed by atoms with Crippen LogP contribution in [0.4, 0.5) is 5.69 Å². The Morgan fingerprint density at radius 3 is 2.65 bits per heavy atom. The average molecular weight is 309 g/mol. The molecule has 1 saturated carbocycles. The van der Waals surface area contributed by atoms with Gasteiger partial charge in [0.15, 0.2) is 0 Å².